The summed E-state index contributed by atoms with van der Waals surface area (Å²) in [6.07, 6.45) is 1.74. The molecule has 0 spiro atoms. The van der Waals surface area contributed by atoms with E-state index >= 15 is 0 Å². The number of amides is 1. The summed E-state index contributed by atoms with van der Waals surface area (Å²) in [7, 11) is 0. The second-order valence-electron chi connectivity index (χ2n) is 5.17. The Morgan fingerprint density at radius 1 is 1.55 bits per heavy atom. The summed E-state index contributed by atoms with van der Waals surface area (Å²) in [4.78, 5) is 24.0. The number of hydrogen-bond donors (Lipinski definition) is 1. The first-order valence-electron chi connectivity index (χ1n) is 7.09. The fraction of sp³-hybridized carbons (Fsp3) is 0.500. The smallest absolute Gasteiger partial charge is 0.240 e. The number of aryl methyl sites for hydroxylation is 2. The van der Waals surface area contributed by atoms with E-state index in [1.807, 2.05) is 19.2 Å². The SMILES string of the molecule is Cc1nc(NC(=O)CN2CCO[C@H](c3nccs3)C2)sc1C. The Bertz CT molecular complexity index is 622. The lowest BCUT2D eigenvalue weighted by Crippen LogP contribution is -2.42. The van der Waals surface area contributed by atoms with Gasteiger partial charge in [0.05, 0.1) is 18.8 Å². The highest BCUT2D eigenvalue weighted by atomic mass is 32.1. The summed E-state index contributed by atoms with van der Waals surface area (Å²) < 4.78 is 5.74. The lowest BCUT2D eigenvalue weighted by molar-refractivity contribution is -0.119. The lowest BCUT2D eigenvalue weighted by Gasteiger charge is -2.31. The van der Waals surface area contributed by atoms with Crippen LogP contribution >= 0.6 is 22.7 Å². The van der Waals surface area contributed by atoms with E-state index in [-0.39, 0.29) is 12.0 Å². The van der Waals surface area contributed by atoms with Gasteiger partial charge in [0, 0.05) is 29.5 Å². The van der Waals surface area contributed by atoms with Crippen LogP contribution in [0.4, 0.5) is 5.13 Å². The zero-order valence-electron chi connectivity index (χ0n) is 12.5. The van der Waals surface area contributed by atoms with E-state index in [1.165, 1.54) is 11.3 Å². The topological polar surface area (TPSA) is 67.4 Å². The summed E-state index contributed by atoms with van der Waals surface area (Å²) in [6.45, 7) is 6.36. The zero-order chi connectivity index (χ0) is 15.5. The second kappa shape index (κ2) is 6.82. The second-order valence-corrected chi connectivity index (χ2v) is 7.30. The van der Waals surface area contributed by atoms with Crippen molar-refractivity contribution in [1.82, 2.24) is 14.9 Å². The first-order valence-corrected chi connectivity index (χ1v) is 8.78. The molecule has 8 heteroatoms. The minimum atomic E-state index is -0.0362. The van der Waals surface area contributed by atoms with E-state index in [4.69, 9.17) is 4.74 Å². The summed E-state index contributed by atoms with van der Waals surface area (Å²) in [5.74, 6) is -0.0338. The largest absolute Gasteiger partial charge is 0.368 e. The Kier molecular flexibility index (Phi) is 4.82. The Labute approximate surface area is 137 Å². The quantitative estimate of drug-likeness (QED) is 0.926. The van der Waals surface area contributed by atoms with Crippen molar-refractivity contribution in [2.75, 3.05) is 31.6 Å². The average molecular weight is 338 g/mol. The van der Waals surface area contributed by atoms with E-state index in [1.54, 1.807) is 17.5 Å². The maximum atomic E-state index is 12.2. The van der Waals surface area contributed by atoms with Crippen molar-refractivity contribution < 1.29 is 9.53 Å². The first-order chi connectivity index (χ1) is 10.6. The number of nitrogens with one attached hydrogen (secondary N) is 1. The summed E-state index contributed by atoms with van der Waals surface area (Å²) in [6, 6.07) is 0. The molecule has 0 saturated carbocycles. The molecule has 2 aromatic rings. The van der Waals surface area contributed by atoms with E-state index < -0.39 is 0 Å². The molecule has 0 aliphatic carbocycles. The molecule has 3 heterocycles. The monoisotopic (exact) mass is 338 g/mol. The number of thiazole rings is 2. The van der Waals surface area contributed by atoms with Gasteiger partial charge in [-0.1, -0.05) is 0 Å². The third-order valence-corrected chi connectivity index (χ3v) is 5.38. The number of hydrogen-bond acceptors (Lipinski definition) is 7. The van der Waals surface area contributed by atoms with Crippen LogP contribution in [-0.2, 0) is 9.53 Å². The van der Waals surface area contributed by atoms with Crippen LogP contribution in [0.2, 0.25) is 0 Å². The Morgan fingerprint density at radius 2 is 2.41 bits per heavy atom. The molecule has 0 bridgehead atoms. The maximum absolute atomic E-state index is 12.2. The molecule has 1 aliphatic rings. The number of morpholine rings is 1. The number of aromatic nitrogens is 2. The molecular formula is C14H18N4O2S2. The highest BCUT2D eigenvalue weighted by Crippen LogP contribution is 2.24. The predicted molar refractivity (Wildman–Crippen MR) is 87.5 cm³/mol. The predicted octanol–water partition coefficient (Wildman–Crippen LogP) is 2.23. The van der Waals surface area contributed by atoms with Crippen molar-refractivity contribution in [1.29, 1.82) is 0 Å². The standard InChI is InChI=1S/C14H18N4O2S2/c1-9-10(2)22-14(16-9)17-12(19)8-18-4-5-20-11(7-18)13-15-3-6-21-13/h3,6,11H,4-5,7-8H2,1-2H3,(H,16,17,19)/t11-/m0/s1. The average Bonchev–Trinajstić information content (AvgIpc) is 3.10. The molecule has 1 atom stereocenters. The van der Waals surface area contributed by atoms with Gasteiger partial charge in [0.25, 0.3) is 0 Å². The molecule has 0 radical (unpaired) electrons. The van der Waals surface area contributed by atoms with Crippen molar-refractivity contribution >= 4 is 33.7 Å². The number of ether oxygens (including phenoxy) is 1. The molecule has 1 N–H and O–H groups in total. The fourth-order valence-corrected chi connectivity index (χ4v) is 3.79. The minimum absolute atomic E-state index is 0.0338. The molecule has 1 amide bonds. The molecular weight excluding hydrogens is 320 g/mol. The summed E-state index contributed by atoms with van der Waals surface area (Å²) in [5, 5.41) is 6.46. The molecule has 1 aliphatic heterocycles. The highest BCUT2D eigenvalue weighted by molar-refractivity contribution is 7.15. The number of nitrogens with zero attached hydrogens (tertiary/aromatic N) is 3. The van der Waals surface area contributed by atoms with Crippen LogP contribution in [0, 0.1) is 13.8 Å². The van der Waals surface area contributed by atoms with Crippen LogP contribution in [-0.4, -0.2) is 47.0 Å². The van der Waals surface area contributed by atoms with E-state index in [9.17, 15) is 4.79 Å². The molecule has 0 unspecified atom stereocenters. The Balaban J connectivity index is 1.54. The van der Waals surface area contributed by atoms with Gasteiger partial charge in [-0.05, 0) is 13.8 Å². The van der Waals surface area contributed by atoms with Gasteiger partial charge in [0.2, 0.25) is 5.91 Å². The molecule has 0 aromatic carbocycles. The molecule has 3 rings (SSSR count). The van der Waals surface area contributed by atoms with Crippen LogP contribution in [0.5, 0.6) is 0 Å². The van der Waals surface area contributed by atoms with Gasteiger partial charge in [0.15, 0.2) is 5.13 Å². The Hall–Kier alpha value is -1.35. The molecule has 1 saturated heterocycles. The number of carbonyl (C=O) groups excluding carboxylic acids is 1. The number of anilines is 1. The third-order valence-electron chi connectivity index (χ3n) is 3.52. The summed E-state index contributed by atoms with van der Waals surface area (Å²) in [5.41, 5.74) is 0.968. The van der Waals surface area contributed by atoms with Crippen LogP contribution < -0.4 is 5.32 Å². The molecule has 1 fully saturated rings. The number of carbonyl (C=O) groups is 1. The normalized spacial score (nSPS) is 19.3. The van der Waals surface area contributed by atoms with Crippen LogP contribution in [0.25, 0.3) is 0 Å². The van der Waals surface area contributed by atoms with Crippen molar-refractivity contribution in [3.63, 3.8) is 0 Å². The molecule has 118 valence electrons. The zero-order valence-corrected chi connectivity index (χ0v) is 14.2. The minimum Gasteiger partial charge on any atom is -0.368 e. The number of rotatable bonds is 4. The highest BCUT2D eigenvalue weighted by Gasteiger charge is 2.25. The van der Waals surface area contributed by atoms with Gasteiger partial charge < -0.3 is 10.1 Å². The third kappa shape index (κ3) is 3.70. The Morgan fingerprint density at radius 3 is 3.09 bits per heavy atom. The molecule has 6 nitrogen and oxygen atoms in total. The first kappa shape index (κ1) is 15.5. The van der Waals surface area contributed by atoms with E-state index in [2.05, 4.69) is 20.2 Å². The van der Waals surface area contributed by atoms with Crippen molar-refractivity contribution in [2.24, 2.45) is 0 Å². The maximum Gasteiger partial charge on any atom is 0.240 e. The molecule has 22 heavy (non-hydrogen) atoms. The van der Waals surface area contributed by atoms with E-state index in [0.29, 0.717) is 24.8 Å². The molecule has 2 aromatic heterocycles. The summed E-state index contributed by atoms with van der Waals surface area (Å²) >= 11 is 3.09. The van der Waals surface area contributed by atoms with E-state index in [0.717, 1.165) is 22.1 Å². The van der Waals surface area contributed by atoms with Crippen molar-refractivity contribution in [3.8, 4) is 0 Å². The van der Waals surface area contributed by atoms with Crippen molar-refractivity contribution in [2.45, 2.75) is 20.0 Å². The van der Waals surface area contributed by atoms with Gasteiger partial charge >= 0.3 is 0 Å². The van der Waals surface area contributed by atoms with Crippen LogP contribution in [0.15, 0.2) is 11.6 Å². The van der Waals surface area contributed by atoms with Gasteiger partial charge in [0.1, 0.15) is 11.1 Å². The lowest BCUT2D eigenvalue weighted by atomic mass is 10.3. The van der Waals surface area contributed by atoms with Gasteiger partial charge in [-0.25, -0.2) is 9.97 Å². The van der Waals surface area contributed by atoms with Gasteiger partial charge in [-0.2, -0.15) is 0 Å². The fourth-order valence-electron chi connectivity index (χ4n) is 2.28. The van der Waals surface area contributed by atoms with Crippen LogP contribution in [0.1, 0.15) is 21.7 Å². The van der Waals surface area contributed by atoms with Gasteiger partial charge in [-0.15, -0.1) is 22.7 Å². The van der Waals surface area contributed by atoms with Crippen LogP contribution in [0.3, 0.4) is 0 Å². The van der Waals surface area contributed by atoms with Crippen molar-refractivity contribution in [3.05, 3.63) is 27.2 Å². The van der Waals surface area contributed by atoms with Gasteiger partial charge in [-0.3, -0.25) is 9.69 Å².